The van der Waals surface area contributed by atoms with Gasteiger partial charge < -0.3 is 10.6 Å². The quantitative estimate of drug-likeness (QED) is 0.859. The highest BCUT2D eigenvalue weighted by molar-refractivity contribution is 5.59. The minimum Gasteiger partial charge on any atom is -0.373 e. The Hall–Kier alpha value is -2.10. The van der Waals surface area contributed by atoms with Gasteiger partial charge in [0.2, 0.25) is 0 Å². The molecule has 4 nitrogen and oxygen atoms in total. The molecular weight excluding hydrogens is 236 g/mol. The summed E-state index contributed by atoms with van der Waals surface area (Å²) < 4.78 is 0. The second-order valence-corrected chi connectivity index (χ2v) is 4.51. The lowest BCUT2D eigenvalue weighted by Gasteiger charge is -2.09. The standard InChI is InChI=1S/C15H20N4/c1-4-5-12-6-8-13(9-7-12)19-15-10-14(16-3)17-11(2)18-15/h6-10H,4-5H2,1-3H3,(H2,16,17,18,19). The topological polar surface area (TPSA) is 49.8 Å². The molecule has 100 valence electrons. The summed E-state index contributed by atoms with van der Waals surface area (Å²) in [4.78, 5) is 8.64. The number of rotatable bonds is 5. The fraction of sp³-hybridized carbons (Fsp3) is 0.333. The summed E-state index contributed by atoms with van der Waals surface area (Å²) in [6.45, 7) is 4.07. The molecule has 0 amide bonds. The maximum atomic E-state index is 4.37. The molecular formula is C15H20N4. The first kappa shape index (κ1) is 13.3. The van der Waals surface area contributed by atoms with Gasteiger partial charge in [-0.1, -0.05) is 25.5 Å². The Balaban J connectivity index is 2.14. The fourth-order valence-corrected chi connectivity index (χ4v) is 1.95. The van der Waals surface area contributed by atoms with E-state index in [9.17, 15) is 0 Å². The van der Waals surface area contributed by atoms with E-state index in [1.54, 1.807) is 0 Å². The number of aromatic nitrogens is 2. The van der Waals surface area contributed by atoms with Crippen LogP contribution in [0.3, 0.4) is 0 Å². The van der Waals surface area contributed by atoms with Gasteiger partial charge in [0.1, 0.15) is 17.5 Å². The highest BCUT2D eigenvalue weighted by Crippen LogP contribution is 2.18. The summed E-state index contributed by atoms with van der Waals surface area (Å²) in [5, 5.41) is 6.33. The highest BCUT2D eigenvalue weighted by Gasteiger charge is 2.01. The second-order valence-electron chi connectivity index (χ2n) is 4.51. The number of nitrogens with one attached hydrogen (secondary N) is 2. The molecule has 0 aliphatic heterocycles. The van der Waals surface area contributed by atoms with E-state index >= 15 is 0 Å². The summed E-state index contributed by atoms with van der Waals surface area (Å²) in [5.41, 5.74) is 2.41. The van der Waals surface area contributed by atoms with E-state index in [4.69, 9.17) is 0 Å². The third kappa shape index (κ3) is 3.68. The average molecular weight is 256 g/mol. The molecule has 19 heavy (non-hydrogen) atoms. The predicted molar refractivity (Wildman–Crippen MR) is 80.0 cm³/mol. The van der Waals surface area contributed by atoms with Crippen LogP contribution in [-0.2, 0) is 6.42 Å². The molecule has 0 saturated carbocycles. The second kappa shape index (κ2) is 6.18. The highest BCUT2D eigenvalue weighted by atomic mass is 15.1. The molecule has 0 saturated heterocycles. The molecule has 0 atom stereocenters. The van der Waals surface area contributed by atoms with Gasteiger partial charge in [-0.25, -0.2) is 9.97 Å². The van der Waals surface area contributed by atoms with E-state index in [0.717, 1.165) is 29.6 Å². The molecule has 0 radical (unpaired) electrons. The smallest absolute Gasteiger partial charge is 0.136 e. The van der Waals surface area contributed by atoms with Crippen molar-refractivity contribution in [3.8, 4) is 0 Å². The maximum absolute atomic E-state index is 4.37. The van der Waals surface area contributed by atoms with Crippen LogP contribution in [-0.4, -0.2) is 17.0 Å². The lowest BCUT2D eigenvalue weighted by atomic mass is 10.1. The minimum atomic E-state index is 0.747. The van der Waals surface area contributed by atoms with Crippen molar-refractivity contribution < 1.29 is 0 Å². The van der Waals surface area contributed by atoms with E-state index in [2.05, 4.69) is 51.8 Å². The first-order chi connectivity index (χ1) is 9.21. The van der Waals surface area contributed by atoms with Crippen LogP contribution in [0.15, 0.2) is 30.3 Å². The third-order valence-electron chi connectivity index (χ3n) is 2.86. The van der Waals surface area contributed by atoms with Crippen molar-refractivity contribution in [1.82, 2.24) is 9.97 Å². The molecule has 1 aromatic heterocycles. The van der Waals surface area contributed by atoms with Crippen molar-refractivity contribution in [3.05, 3.63) is 41.7 Å². The largest absolute Gasteiger partial charge is 0.373 e. The van der Waals surface area contributed by atoms with Crippen LogP contribution >= 0.6 is 0 Å². The molecule has 2 rings (SSSR count). The maximum Gasteiger partial charge on any atom is 0.136 e. The molecule has 0 aliphatic rings. The third-order valence-corrected chi connectivity index (χ3v) is 2.86. The van der Waals surface area contributed by atoms with Gasteiger partial charge >= 0.3 is 0 Å². The number of hydrogen-bond donors (Lipinski definition) is 2. The van der Waals surface area contributed by atoms with Gasteiger partial charge in [0.15, 0.2) is 0 Å². The number of nitrogens with zero attached hydrogens (tertiary/aromatic N) is 2. The van der Waals surface area contributed by atoms with Gasteiger partial charge in [-0.2, -0.15) is 0 Å². The average Bonchev–Trinajstić information content (AvgIpc) is 2.40. The van der Waals surface area contributed by atoms with Crippen LogP contribution in [0, 0.1) is 6.92 Å². The zero-order valence-corrected chi connectivity index (χ0v) is 11.7. The van der Waals surface area contributed by atoms with E-state index in [0.29, 0.717) is 0 Å². The van der Waals surface area contributed by atoms with Crippen LogP contribution < -0.4 is 10.6 Å². The summed E-state index contributed by atoms with van der Waals surface area (Å²) in [5.74, 6) is 2.37. The van der Waals surface area contributed by atoms with Crippen molar-refractivity contribution >= 4 is 17.3 Å². The van der Waals surface area contributed by atoms with Crippen molar-refractivity contribution in [2.45, 2.75) is 26.7 Å². The molecule has 1 heterocycles. The van der Waals surface area contributed by atoms with Gasteiger partial charge in [0.25, 0.3) is 0 Å². The van der Waals surface area contributed by atoms with Crippen molar-refractivity contribution in [2.24, 2.45) is 0 Å². The fourth-order valence-electron chi connectivity index (χ4n) is 1.95. The Morgan fingerprint density at radius 2 is 1.74 bits per heavy atom. The van der Waals surface area contributed by atoms with E-state index in [-0.39, 0.29) is 0 Å². The van der Waals surface area contributed by atoms with Crippen molar-refractivity contribution in [3.63, 3.8) is 0 Å². The Morgan fingerprint density at radius 3 is 2.37 bits per heavy atom. The van der Waals surface area contributed by atoms with Gasteiger partial charge in [-0.15, -0.1) is 0 Å². The summed E-state index contributed by atoms with van der Waals surface area (Å²) in [6.07, 6.45) is 2.29. The van der Waals surface area contributed by atoms with Gasteiger partial charge in [-0.05, 0) is 31.0 Å². The zero-order valence-electron chi connectivity index (χ0n) is 11.7. The first-order valence-electron chi connectivity index (χ1n) is 6.60. The number of hydrogen-bond acceptors (Lipinski definition) is 4. The number of anilines is 3. The molecule has 2 N–H and O–H groups in total. The van der Waals surface area contributed by atoms with Crippen LogP contribution in [0.5, 0.6) is 0 Å². The Bertz CT molecular complexity index is 534. The minimum absolute atomic E-state index is 0.747. The Labute approximate surface area is 114 Å². The van der Waals surface area contributed by atoms with Crippen molar-refractivity contribution in [1.29, 1.82) is 0 Å². The monoisotopic (exact) mass is 256 g/mol. The summed E-state index contributed by atoms with van der Waals surface area (Å²) >= 11 is 0. The number of aryl methyl sites for hydroxylation is 2. The molecule has 0 bridgehead atoms. The molecule has 0 aliphatic carbocycles. The first-order valence-corrected chi connectivity index (χ1v) is 6.60. The molecule has 2 aromatic rings. The molecule has 0 unspecified atom stereocenters. The normalized spacial score (nSPS) is 10.3. The Morgan fingerprint density at radius 1 is 1.05 bits per heavy atom. The molecule has 0 fully saturated rings. The van der Waals surface area contributed by atoms with Crippen LogP contribution in [0.1, 0.15) is 24.7 Å². The van der Waals surface area contributed by atoms with E-state index in [1.165, 1.54) is 12.0 Å². The summed E-state index contributed by atoms with van der Waals surface area (Å²) in [6, 6.07) is 10.4. The van der Waals surface area contributed by atoms with Crippen LogP contribution in [0.4, 0.5) is 17.3 Å². The van der Waals surface area contributed by atoms with Gasteiger partial charge in [-0.3, -0.25) is 0 Å². The van der Waals surface area contributed by atoms with Gasteiger partial charge in [0.05, 0.1) is 0 Å². The van der Waals surface area contributed by atoms with E-state index < -0.39 is 0 Å². The number of benzene rings is 1. The zero-order chi connectivity index (χ0) is 13.7. The summed E-state index contributed by atoms with van der Waals surface area (Å²) in [7, 11) is 1.85. The van der Waals surface area contributed by atoms with E-state index in [1.807, 2.05) is 20.0 Å². The molecule has 1 aromatic carbocycles. The molecule has 0 spiro atoms. The van der Waals surface area contributed by atoms with Crippen LogP contribution in [0.25, 0.3) is 0 Å². The molecule has 4 heteroatoms. The van der Waals surface area contributed by atoms with Crippen molar-refractivity contribution in [2.75, 3.05) is 17.7 Å². The lowest BCUT2D eigenvalue weighted by molar-refractivity contribution is 0.922. The predicted octanol–water partition coefficient (Wildman–Crippen LogP) is 3.52. The Kier molecular flexibility index (Phi) is 4.34. The van der Waals surface area contributed by atoms with Crippen LogP contribution in [0.2, 0.25) is 0 Å². The van der Waals surface area contributed by atoms with Gasteiger partial charge in [0, 0.05) is 18.8 Å². The lowest BCUT2D eigenvalue weighted by Crippen LogP contribution is -2.01. The SMILES string of the molecule is CCCc1ccc(Nc2cc(NC)nc(C)n2)cc1.